The maximum atomic E-state index is 12.6. The molecule has 0 spiro atoms. The number of fused-ring (bicyclic) bond motifs is 1. The van der Waals surface area contributed by atoms with Gasteiger partial charge in [0.2, 0.25) is 5.91 Å². The van der Waals surface area contributed by atoms with Crippen LogP contribution in [0.1, 0.15) is 15.9 Å². The number of thiol groups is 1. The molecule has 29 heavy (non-hydrogen) atoms. The van der Waals surface area contributed by atoms with E-state index in [0.717, 1.165) is 16.5 Å². The molecule has 0 unspecified atom stereocenters. The first-order valence-electron chi connectivity index (χ1n) is 9.04. The monoisotopic (exact) mass is 411 g/mol. The average molecular weight is 411 g/mol. The minimum Gasteiger partial charge on any atom is -0.480 e. The van der Waals surface area contributed by atoms with E-state index < -0.39 is 29.9 Å². The smallest absolute Gasteiger partial charge is 0.326 e. The Hall–Kier alpha value is -3.26. The van der Waals surface area contributed by atoms with Crippen molar-refractivity contribution in [2.75, 3.05) is 5.75 Å². The maximum absolute atomic E-state index is 12.6. The van der Waals surface area contributed by atoms with E-state index in [1.807, 2.05) is 24.3 Å². The van der Waals surface area contributed by atoms with Crippen LogP contribution in [-0.4, -0.2) is 45.7 Å². The summed E-state index contributed by atoms with van der Waals surface area (Å²) in [5.41, 5.74) is 2.08. The van der Waals surface area contributed by atoms with Crippen LogP contribution in [0.5, 0.6) is 0 Å². The molecule has 3 rings (SSSR count). The van der Waals surface area contributed by atoms with Crippen LogP contribution in [-0.2, 0) is 16.0 Å². The molecule has 0 aliphatic heterocycles. The first-order valence-corrected chi connectivity index (χ1v) is 9.67. The van der Waals surface area contributed by atoms with Gasteiger partial charge in [-0.3, -0.25) is 9.59 Å². The fourth-order valence-corrected chi connectivity index (χ4v) is 3.28. The van der Waals surface area contributed by atoms with Crippen LogP contribution in [0.25, 0.3) is 10.9 Å². The molecule has 0 bridgehead atoms. The number of hydrogen-bond acceptors (Lipinski definition) is 4. The largest absolute Gasteiger partial charge is 0.480 e. The predicted octanol–water partition coefficient (Wildman–Crippen LogP) is 2.01. The highest BCUT2D eigenvalue weighted by atomic mass is 32.1. The first-order chi connectivity index (χ1) is 14.0. The lowest BCUT2D eigenvalue weighted by Crippen LogP contribution is -2.53. The summed E-state index contributed by atoms with van der Waals surface area (Å²) in [5.74, 6) is -2.15. The van der Waals surface area contributed by atoms with Crippen molar-refractivity contribution in [3.8, 4) is 0 Å². The van der Waals surface area contributed by atoms with E-state index in [1.54, 1.807) is 36.5 Å². The Morgan fingerprint density at radius 1 is 0.966 bits per heavy atom. The number of carboxylic acid groups (broad SMARTS) is 1. The molecule has 0 radical (unpaired) electrons. The average Bonchev–Trinajstić information content (AvgIpc) is 3.14. The number of aromatic nitrogens is 1. The maximum Gasteiger partial charge on any atom is 0.326 e. The molecule has 150 valence electrons. The van der Waals surface area contributed by atoms with Gasteiger partial charge in [-0.05, 0) is 23.8 Å². The molecular weight excluding hydrogens is 390 g/mol. The predicted molar refractivity (Wildman–Crippen MR) is 113 cm³/mol. The first kappa shape index (κ1) is 20.5. The molecule has 2 aromatic carbocycles. The zero-order chi connectivity index (χ0) is 20.8. The number of H-pyrrole nitrogens is 1. The summed E-state index contributed by atoms with van der Waals surface area (Å²) in [7, 11) is 0. The fraction of sp³-hybridized carbons (Fsp3) is 0.190. The molecule has 8 heteroatoms. The molecule has 7 nitrogen and oxygen atoms in total. The van der Waals surface area contributed by atoms with Crippen molar-refractivity contribution in [1.82, 2.24) is 15.6 Å². The van der Waals surface area contributed by atoms with E-state index in [-0.39, 0.29) is 12.2 Å². The Morgan fingerprint density at radius 3 is 2.34 bits per heavy atom. The van der Waals surface area contributed by atoms with Crippen LogP contribution in [0.4, 0.5) is 0 Å². The van der Waals surface area contributed by atoms with Gasteiger partial charge in [-0.25, -0.2) is 4.79 Å². The Balaban J connectivity index is 1.69. The van der Waals surface area contributed by atoms with Gasteiger partial charge >= 0.3 is 5.97 Å². The standard InChI is InChI=1S/C21H21N3O4S/c25-19(13-6-2-1-3-7-13)24-18(12-29)20(26)23-17(21(27)28)10-14-11-22-16-9-5-4-8-15(14)16/h1-9,11,17-18,22,29H,10,12H2,(H,23,26)(H,24,25)(H,27,28)/t17-,18-/m0/s1. The molecule has 0 aliphatic rings. The van der Waals surface area contributed by atoms with E-state index in [0.29, 0.717) is 5.56 Å². The van der Waals surface area contributed by atoms with E-state index in [2.05, 4.69) is 28.2 Å². The molecule has 2 amide bonds. The van der Waals surface area contributed by atoms with Gasteiger partial charge in [0.1, 0.15) is 12.1 Å². The van der Waals surface area contributed by atoms with Crippen molar-refractivity contribution in [1.29, 1.82) is 0 Å². The lowest BCUT2D eigenvalue weighted by molar-refractivity contribution is -0.141. The Morgan fingerprint density at radius 2 is 1.66 bits per heavy atom. The van der Waals surface area contributed by atoms with Gasteiger partial charge in [0, 0.05) is 34.8 Å². The third kappa shape index (κ3) is 4.97. The van der Waals surface area contributed by atoms with Crippen molar-refractivity contribution in [3.63, 3.8) is 0 Å². The molecule has 4 N–H and O–H groups in total. The highest BCUT2D eigenvalue weighted by molar-refractivity contribution is 7.80. The minimum atomic E-state index is -1.16. The molecule has 1 aromatic heterocycles. The van der Waals surface area contributed by atoms with Gasteiger partial charge in [0.15, 0.2) is 0 Å². The van der Waals surface area contributed by atoms with E-state index in [4.69, 9.17) is 0 Å². The number of aliphatic carboxylic acids is 1. The number of para-hydroxylation sites is 1. The molecule has 0 saturated heterocycles. The lowest BCUT2D eigenvalue weighted by Gasteiger charge is -2.20. The number of nitrogens with one attached hydrogen (secondary N) is 3. The number of amides is 2. The summed E-state index contributed by atoms with van der Waals surface area (Å²) in [6.45, 7) is 0. The number of carbonyl (C=O) groups is 3. The van der Waals surface area contributed by atoms with E-state index in [9.17, 15) is 19.5 Å². The topological polar surface area (TPSA) is 111 Å². The molecule has 0 saturated carbocycles. The van der Waals surface area contributed by atoms with Crippen LogP contribution < -0.4 is 10.6 Å². The molecule has 0 aliphatic carbocycles. The van der Waals surface area contributed by atoms with Gasteiger partial charge < -0.3 is 20.7 Å². The molecular formula is C21H21N3O4S. The van der Waals surface area contributed by atoms with Gasteiger partial charge in [-0.15, -0.1) is 0 Å². The van der Waals surface area contributed by atoms with Gasteiger partial charge in [-0.1, -0.05) is 36.4 Å². The minimum absolute atomic E-state index is 0.0316. The third-order valence-electron chi connectivity index (χ3n) is 4.55. The second kappa shape index (κ2) is 9.29. The number of carboxylic acids is 1. The zero-order valence-electron chi connectivity index (χ0n) is 15.5. The third-order valence-corrected chi connectivity index (χ3v) is 4.92. The van der Waals surface area contributed by atoms with Crippen LogP contribution in [0.3, 0.4) is 0 Å². The number of aromatic amines is 1. The number of hydrogen-bond donors (Lipinski definition) is 5. The van der Waals surface area contributed by atoms with Crippen molar-refractivity contribution in [2.24, 2.45) is 0 Å². The second-order valence-corrected chi connectivity index (χ2v) is 6.90. The number of benzene rings is 2. The fourth-order valence-electron chi connectivity index (χ4n) is 3.02. The summed E-state index contributed by atoms with van der Waals surface area (Å²) in [4.78, 5) is 39.7. The van der Waals surface area contributed by atoms with Crippen molar-refractivity contribution in [3.05, 3.63) is 71.9 Å². The summed E-state index contributed by atoms with van der Waals surface area (Å²) >= 11 is 4.13. The van der Waals surface area contributed by atoms with Crippen molar-refractivity contribution >= 4 is 41.3 Å². The second-order valence-electron chi connectivity index (χ2n) is 6.54. The van der Waals surface area contributed by atoms with Gasteiger partial charge in [0.25, 0.3) is 5.91 Å². The highest BCUT2D eigenvalue weighted by Crippen LogP contribution is 2.19. The normalized spacial score (nSPS) is 12.9. The van der Waals surface area contributed by atoms with Crippen molar-refractivity contribution in [2.45, 2.75) is 18.5 Å². The molecule has 1 heterocycles. The lowest BCUT2D eigenvalue weighted by atomic mass is 10.0. The van der Waals surface area contributed by atoms with E-state index >= 15 is 0 Å². The Kier molecular flexibility index (Phi) is 6.56. The molecule has 0 fully saturated rings. The Labute approximate surface area is 172 Å². The summed E-state index contributed by atoms with van der Waals surface area (Å²) in [6, 6.07) is 13.9. The SMILES string of the molecule is O=C(N[C@@H](CS)C(=O)N[C@@H](Cc1c[nH]c2ccccc12)C(=O)O)c1ccccc1. The highest BCUT2D eigenvalue weighted by Gasteiger charge is 2.27. The molecule has 2 atom stereocenters. The van der Waals surface area contributed by atoms with Gasteiger partial charge in [-0.2, -0.15) is 12.6 Å². The summed E-state index contributed by atoms with van der Waals surface area (Å²) < 4.78 is 0. The van der Waals surface area contributed by atoms with Crippen LogP contribution in [0.2, 0.25) is 0 Å². The van der Waals surface area contributed by atoms with E-state index in [1.165, 1.54) is 0 Å². The molecule has 3 aromatic rings. The number of rotatable bonds is 8. The quantitative estimate of drug-likeness (QED) is 0.365. The van der Waals surface area contributed by atoms with Gasteiger partial charge in [0.05, 0.1) is 0 Å². The summed E-state index contributed by atoms with van der Waals surface area (Å²) in [6.07, 6.45) is 1.84. The summed E-state index contributed by atoms with van der Waals surface area (Å²) in [5, 5.41) is 15.6. The zero-order valence-corrected chi connectivity index (χ0v) is 16.4. The number of carbonyl (C=O) groups excluding carboxylic acids is 2. The van der Waals surface area contributed by atoms with Crippen LogP contribution in [0.15, 0.2) is 60.8 Å². The van der Waals surface area contributed by atoms with Crippen LogP contribution >= 0.6 is 12.6 Å². The Bertz CT molecular complexity index is 1020. The van der Waals surface area contributed by atoms with Crippen LogP contribution in [0, 0.1) is 0 Å². The van der Waals surface area contributed by atoms with Crippen molar-refractivity contribution < 1.29 is 19.5 Å².